The lowest BCUT2D eigenvalue weighted by Crippen LogP contribution is -2.25. The van der Waals surface area contributed by atoms with Crippen LogP contribution in [0.25, 0.3) is 11.3 Å². The molecule has 4 nitrogen and oxygen atoms in total. The third-order valence-electron chi connectivity index (χ3n) is 6.27. The first-order chi connectivity index (χ1) is 14.1. The van der Waals surface area contributed by atoms with Crippen molar-refractivity contribution < 1.29 is 4.74 Å². The normalized spacial score (nSPS) is 21.0. The lowest BCUT2D eigenvalue weighted by atomic mass is 9.95. The first-order valence-corrected chi connectivity index (χ1v) is 11.3. The monoisotopic (exact) mass is 393 g/mol. The maximum Gasteiger partial charge on any atom is 0.129 e. The number of hydrogen-bond acceptors (Lipinski definition) is 4. The Kier molecular flexibility index (Phi) is 6.39. The Morgan fingerprint density at radius 2 is 1.93 bits per heavy atom. The van der Waals surface area contributed by atoms with Gasteiger partial charge in [0.15, 0.2) is 0 Å². The number of likely N-dealkylation sites (tertiary alicyclic amines) is 1. The minimum Gasteiger partial charge on any atom is -0.490 e. The van der Waals surface area contributed by atoms with Crippen LogP contribution >= 0.6 is 0 Å². The smallest absolute Gasteiger partial charge is 0.129 e. The fourth-order valence-electron chi connectivity index (χ4n) is 4.85. The summed E-state index contributed by atoms with van der Waals surface area (Å²) in [4.78, 5) is 7.16. The van der Waals surface area contributed by atoms with Gasteiger partial charge in [-0.3, -0.25) is 0 Å². The summed E-state index contributed by atoms with van der Waals surface area (Å²) >= 11 is 0. The van der Waals surface area contributed by atoms with Crippen molar-refractivity contribution in [3.8, 4) is 17.0 Å². The molecular weight excluding hydrogens is 358 g/mol. The lowest BCUT2D eigenvalue weighted by Gasteiger charge is -2.25. The number of anilines is 1. The van der Waals surface area contributed by atoms with E-state index < -0.39 is 0 Å². The van der Waals surface area contributed by atoms with Gasteiger partial charge < -0.3 is 15.4 Å². The summed E-state index contributed by atoms with van der Waals surface area (Å²) in [5.41, 5.74) is 9.31. The van der Waals surface area contributed by atoms with Crippen LogP contribution in [0.15, 0.2) is 36.4 Å². The molecule has 29 heavy (non-hydrogen) atoms. The van der Waals surface area contributed by atoms with E-state index in [0.29, 0.717) is 17.8 Å². The van der Waals surface area contributed by atoms with E-state index in [-0.39, 0.29) is 0 Å². The van der Waals surface area contributed by atoms with E-state index in [4.69, 9.17) is 10.5 Å². The van der Waals surface area contributed by atoms with Crippen LogP contribution in [0.4, 0.5) is 5.82 Å². The van der Waals surface area contributed by atoms with Crippen LogP contribution in [0.2, 0.25) is 0 Å². The molecule has 4 rings (SSSR count). The molecule has 0 bridgehead atoms. The molecule has 0 amide bonds. The predicted molar refractivity (Wildman–Crippen MR) is 120 cm³/mol. The van der Waals surface area contributed by atoms with Gasteiger partial charge in [0, 0.05) is 18.7 Å². The van der Waals surface area contributed by atoms with Gasteiger partial charge in [0.1, 0.15) is 11.6 Å². The number of hydrogen-bond donors (Lipinski definition) is 1. The van der Waals surface area contributed by atoms with Crippen molar-refractivity contribution in [2.24, 2.45) is 5.92 Å². The molecule has 4 heteroatoms. The lowest BCUT2D eigenvalue weighted by molar-refractivity contribution is 0.155. The van der Waals surface area contributed by atoms with E-state index in [9.17, 15) is 0 Å². The Morgan fingerprint density at radius 3 is 2.69 bits per heavy atom. The van der Waals surface area contributed by atoms with Crippen LogP contribution in [0.5, 0.6) is 5.75 Å². The molecule has 1 atom stereocenters. The molecule has 0 radical (unpaired) electrons. The van der Waals surface area contributed by atoms with Crippen LogP contribution in [0.1, 0.15) is 63.9 Å². The van der Waals surface area contributed by atoms with Crippen molar-refractivity contribution >= 4 is 5.82 Å². The zero-order valence-electron chi connectivity index (χ0n) is 17.9. The van der Waals surface area contributed by atoms with Gasteiger partial charge in [-0.2, -0.15) is 0 Å². The summed E-state index contributed by atoms with van der Waals surface area (Å²) in [7, 11) is 0. The van der Waals surface area contributed by atoms with Crippen LogP contribution in [0.3, 0.4) is 0 Å². The molecule has 1 aliphatic carbocycles. The van der Waals surface area contributed by atoms with E-state index in [1.807, 2.05) is 18.2 Å². The number of nitrogen functional groups attached to an aromatic ring is 1. The second-order valence-corrected chi connectivity index (χ2v) is 9.22. The molecule has 1 aromatic carbocycles. The number of ether oxygens (including phenoxy) is 1. The first kappa shape index (κ1) is 20.2. The SMILES string of the molecule is CC(C)CN1CCC(c2ccc(-c3cccc(N)n3)c(OC3CCCCC3)c2)C1. The summed E-state index contributed by atoms with van der Waals surface area (Å²) in [6.45, 7) is 8.14. The van der Waals surface area contributed by atoms with Gasteiger partial charge >= 0.3 is 0 Å². The van der Waals surface area contributed by atoms with Crippen molar-refractivity contribution in [1.29, 1.82) is 0 Å². The Labute approximate surface area is 175 Å². The second kappa shape index (κ2) is 9.17. The second-order valence-electron chi connectivity index (χ2n) is 9.22. The molecule has 1 aromatic heterocycles. The summed E-state index contributed by atoms with van der Waals surface area (Å²) in [6.07, 6.45) is 7.72. The Balaban J connectivity index is 1.60. The Bertz CT molecular complexity index is 813. The van der Waals surface area contributed by atoms with Gasteiger partial charge in [-0.05, 0) is 80.3 Å². The first-order valence-electron chi connectivity index (χ1n) is 11.3. The number of benzene rings is 1. The molecule has 2 N–H and O–H groups in total. The maximum absolute atomic E-state index is 6.58. The summed E-state index contributed by atoms with van der Waals surface area (Å²) in [6, 6.07) is 12.6. The minimum absolute atomic E-state index is 0.319. The minimum atomic E-state index is 0.319. The topological polar surface area (TPSA) is 51.4 Å². The zero-order valence-corrected chi connectivity index (χ0v) is 17.9. The molecule has 2 heterocycles. The van der Waals surface area contributed by atoms with E-state index in [1.54, 1.807) is 0 Å². The van der Waals surface area contributed by atoms with Gasteiger partial charge in [0.2, 0.25) is 0 Å². The van der Waals surface area contributed by atoms with E-state index in [2.05, 4.69) is 41.9 Å². The molecule has 0 spiro atoms. The number of rotatable bonds is 6. The number of aromatic nitrogens is 1. The predicted octanol–water partition coefficient (Wildman–Crippen LogP) is 5.49. The fourth-order valence-corrected chi connectivity index (χ4v) is 4.85. The summed E-state index contributed by atoms with van der Waals surface area (Å²) < 4.78 is 6.58. The molecule has 2 aliphatic rings. The van der Waals surface area contributed by atoms with Crippen LogP contribution < -0.4 is 10.5 Å². The highest BCUT2D eigenvalue weighted by atomic mass is 16.5. The third-order valence-corrected chi connectivity index (χ3v) is 6.27. The summed E-state index contributed by atoms with van der Waals surface area (Å²) in [5, 5.41) is 0. The molecule has 156 valence electrons. The van der Waals surface area contributed by atoms with Gasteiger partial charge in [0.25, 0.3) is 0 Å². The maximum atomic E-state index is 6.58. The van der Waals surface area contributed by atoms with E-state index in [0.717, 1.165) is 42.3 Å². The zero-order chi connectivity index (χ0) is 20.2. The average Bonchev–Trinajstić information content (AvgIpc) is 3.16. The van der Waals surface area contributed by atoms with Gasteiger partial charge in [-0.25, -0.2) is 4.98 Å². The van der Waals surface area contributed by atoms with Crippen molar-refractivity contribution in [1.82, 2.24) is 9.88 Å². The highest BCUT2D eigenvalue weighted by molar-refractivity contribution is 5.69. The molecular formula is C25H35N3O. The van der Waals surface area contributed by atoms with Crippen molar-refractivity contribution in [2.75, 3.05) is 25.4 Å². The fraction of sp³-hybridized carbons (Fsp3) is 0.560. The Morgan fingerprint density at radius 1 is 1.10 bits per heavy atom. The third kappa shape index (κ3) is 5.11. The van der Waals surface area contributed by atoms with Gasteiger partial charge in [0.05, 0.1) is 11.8 Å². The molecule has 1 saturated heterocycles. The van der Waals surface area contributed by atoms with Crippen LogP contribution in [-0.4, -0.2) is 35.6 Å². The largest absolute Gasteiger partial charge is 0.490 e. The molecule has 2 fully saturated rings. The molecule has 1 unspecified atom stereocenters. The van der Waals surface area contributed by atoms with Gasteiger partial charge in [-0.15, -0.1) is 0 Å². The molecule has 2 aromatic rings. The van der Waals surface area contributed by atoms with Crippen LogP contribution in [0, 0.1) is 5.92 Å². The number of nitrogens with zero attached hydrogens (tertiary/aromatic N) is 2. The van der Waals surface area contributed by atoms with Gasteiger partial charge in [-0.1, -0.05) is 32.4 Å². The Hall–Kier alpha value is -2.07. The highest BCUT2D eigenvalue weighted by Crippen LogP contribution is 2.37. The molecule has 1 saturated carbocycles. The van der Waals surface area contributed by atoms with E-state index >= 15 is 0 Å². The summed E-state index contributed by atoms with van der Waals surface area (Å²) in [5.74, 6) is 2.84. The van der Waals surface area contributed by atoms with Crippen molar-refractivity contribution in [3.05, 3.63) is 42.0 Å². The molecule has 1 aliphatic heterocycles. The number of nitrogens with two attached hydrogens (primary N) is 1. The quantitative estimate of drug-likeness (QED) is 0.705. The highest BCUT2D eigenvalue weighted by Gasteiger charge is 2.26. The van der Waals surface area contributed by atoms with Crippen molar-refractivity contribution in [3.63, 3.8) is 0 Å². The van der Waals surface area contributed by atoms with Crippen molar-refractivity contribution in [2.45, 2.75) is 64.4 Å². The van der Waals surface area contributed by atoms with Crippen LogP contribution in [-0.2, 0) is 0 Å². The average molecular weight is 394 g/mol. The van der Waals surface area contributed by atoms with E-state index in [1.165, 1.54) is 44.3 Å². The number of pyridine rings is 1. The standard InChI is InChI=1S/C25H35N3O/c1-18(2)16-28-14-13-20(17-28)19-11-12-22(23-9-6-10-25(26)27-23)24(15-19)29-21-7-4-3-5-8-21/h6,9-12,15,18,20-21H,3-5,7-8,13-14,16-17H2,1-2H3,(H2,26,27).